The minimum atomic E-state index is -1.15. The molecule has 4 heterocycles. The second-order valence-electron chi connectivity index (χ2n) is 9.33. The van der Waals surface area contributed by atoms with E-state index in [-0.39, 0.29) is 43.7 Å². The molecule has 35 heavy (non-hydrogen) atoms. The number of piperidine rings is 1. The standard InChI is InChI=1S/C24H28N6O5/c31-21-16(13-15-5-7-25-8-6-15)20(23(33)34)30(21)24(35)29-11-9-28(10-12-29)22(32)19-14-26-17-3-1-2-4-18(17)27-19/h1-4,14-16,20,25H,5-13H2,(H,33,34)/t16-,20+/m1/s1. The Morgan fingerprint density at radius 1 is 1.00 bits per heavy atom. The molecule has 11 nitrogen and oxygen atoms in total. The molecule has 5 rings (SSSR count). The number of carboxylic acids is 1. The summed E-state index contributed by atoms with van der Waals surface area (Å²) in [6.45, 7) is 2.66. The number of imide groups is 1. The maximum absolute atomic E-state index is 13.1. The summed E-state index contributed by atoms with van der Waals surface area (Å²) < 4.78 is 0. The third-order valence-corrected chi connectivity index (χ3v) is 7.22. The highest BCUT2D eigenvalue weighted by Gasteiger charge is 2.56. The van der Waals surface area contributed by atoms with Crippen LogP contribution in [-0.4, -0.2) is 98.9 Å². The van der Waals surface area contributed by atoms with Crippen LogP contribution in [-0.2, 0) is 9.59 Å². The fourth-order valence-corrected chi connectivity index (χ4v) is 5.23. The van der Waals surface area contributed by atoms with Crippen LogP contribution in [0.1, 0.15) is 29.8 Å². The lowest BCUT2D eigenvalue weighted by Gasteiger charge is -2.47. The van der Waals surface area contributed by atoms with E-state index in [1.54, 1.807) is 11.0 Å². The van der Waals surface area contributed by atoms with Gasteiger partial charge in [-0.2, -0.15) is 0 Å². The van der Waals surface area contributed by atoms with Gasteiger partial charge in [0.25, 0.3) is 5.91 Å². The monoisotopic (exact) mass is 480 g/mol. The number of hydrogen-bond donors (Lipinski definition) is 2. The van der Waals surface area contributed by atoms with Gasteiger partial charge in [-0.05, 0) is 50.4 Å². The molecule has 3 aliphatic heterocycles. The van der Waals surface area contributed by atoms with Crippen molar-refractivity contribution in [3.05, 3.63) is 36.2 Å². The van der Waals surface area contributed by atoms with Gasteiger partial charge in [0.15, 0.2) is 6.04 Å². The number of fused-ring (bicyclic) bond motifs is 1. The van der Waals surface area contributed by atoms with E-state index in [1.807, 2.05) is 18.2 Å². The molecule has 0 radical (unpaired) electrons. The Morgan fingerprint density at radius 3 is 2.34 bits per heavy atom. The molecule has 2 atom stereocenters. The van der Waals surface area contributed by atoms with Crippen LogP contribution in [0.2, 0.25) is 0 Å². The van der Waals surface area contributed by atoms with Gasteiger partial charge in [0.2, 0.25) is 5.91 Å². The van der Waals surface area contributed by atoms with Crippen molar-refractivity contribution in [2.24, 2.45) is 11.8 Å². The van der Waals surface area contributed by atoms with Crippen LogP contribution in [0.4, 0.5) is 4.79 Å². The number of rotatable bonds is 4. The minimum absolute atomic E-state index is 0.209. The van der Waals surface area contributed by atoms with Crippen molar-refractivity contribution in [3.63, 3.8) is 0 Å². The zero-order chi connectivity index (χ0) is 24.5. The van der Waals surface area contributed by atoms with Gasteiger partial charge >= 0.3 is 12.0 Å². The Labute approximate surface area is 202 Å². The lowest BCUT2D eigenvalue weighted by Crippen LogP contribution is -2.69. The zero-order valence-electron chi connectivity index (χ0n) is 19.3. The van der Waals surface area contributed by atoms with Gasteiger partial charge in [-0.3, -0.25) is 14.6 Å². The SMILES string of the molecule is O=C(O)[C@@H]1[C@@H](CC2CCNCC2)C(=O)N1C(=O)N1CCN(C(=O)c2cnc3ccccc3n2)CC1. The number of urea groups is 1. The van der Waals surface area contributed by atoms with E-state index in [1.165, 1.54) is 11.1 Å². The Balaban J connectivity index is 1.20. The average Bonchev–Trinajstić information content (AvgIpc) is 2.89. The topological polar surface area (TPSA) is 136 Å². The van der Waals surface area contributed by atoms with Crippen LogP contribution in [0.3, 0.4) is 0 Å². The highest BCUT2D eigenvalue weighted by molar-refractivity contribution is 6.07. The number of likely N-dealkylation sites (tertiary alicyclic amines) is 1. The second-order valence-corrected chi connectivity index (χ2v) is 9.33. The summed E-state index contributed by atoms with van der Waals surface area (Å²) in [6.07, 6.45) is 3.75. The van der Waals surface area contributed by atoms with Crippen LogP contribution >= 0.6 is 0 Å². The molecule has 1 aromatic carbocycles. The number of carboxylic acid groups (broad SMARTS) is 1. The molecule has 0 bridgehead atoms. The summed E-state index contributed by atoms with van der Waals surface area (Å²) in [7, 11) is 0. The van der Waals surface area contributed by atoms with E-state index < -0.39 is 29.9 Å². The van der Waals surface area contributed by atoms with Crippen molar-refractivity contribution in [3.8, 4) is 0 Å². The lowest BCUT2D eigenvalue weighted by molar-refractivity contribution is -0.167. The van der Waals surface area contributed by atoms with Crippen molar-refractivity contribution in [2.75, 3.05) is 39.3 Å². The molecular weight excluding hydrogens is 452 g/mol. The van der Waals surface area contributed by atoms with E-state index in [0.29, 0.717) is 17.5 Å². The summed E-state index contributed by atoms with van der Waals surface area (Å²) >= 11 is 0. The Hall–Kier alpha value is -3.60. The molecule has 2 aromatic rings. The predicted octanol–water partition coefficient (Wildman–Crippen LogP) is 0.809. The summed E-state index contributed by atoms with van der Waals surface area (Å²) in [5, 5.41) is 13.0. The van der Waals surface area contributed by atoms with Gasteiger partial charge in [-0.15, -0.1) is 0 Å². The lowest BCUT2D eigenvalue weighted by atomic mass is 9.78. The Kier molecular flexibility index (Phi) is 6.33. The maximum Gasteiger partial charge on any atom is 0.327 e. The molecule has 0 spiro atoms. The molecule has 0 aliphatic carbocycles. The van der Waals surface area contributed by atoms with Gasteiger partial charge < -0.3 is 20.2 Å². The van der Waals surface area contributed by atoms with Crippen molar-refractivity contribution in [1.82, 2.24) is 30.0 Å². The van der Waals surface area contributed by atoms with Crippen LogP contribution in [0.25, 0.3) is 11.0 Å². The third-order valence-electron chi connectivity index (χ3n) is 7.22. The van der Waals surface area contributed by atoms with Crippen LogP contribution < -0.4 is 5.32 Å². The number of nitrogens with zero attached hydrogens (tertiary/aromatic N) is 5. The molecule has 0 saturated carbocycles. The van der Waals surface area contributed by atoms with Crippen molar-refractivity contribution in [2.45, 2.75) is 25.3 Å². The first-order chi connectivity index (χ1) is 16.9. The molecule has 3 saturated heterocycles. The number of aromatic nitrogens is 2. The number of β-lactam (4-membered cyclic amide) rings is 1. The number of aliphatic carboxylic acids is 1. The Bertz CT molecular complexity index is 1160. The van der Waals surface area contributed by atoms with Crippen molar-refractivity contribution < 1.29 is 24.3 Å². The fraction of sp³-hybridized carbons (Fsp3) is 0.500. The first-order valence-electron chi connectivity index (χ1n) is 12.0. The van der Waals surface area contributed by atoms with Crippen LogP contribution in [0.15, 0.2) is 30.5 Å². The molecular formula is C24H28N6O5. The highest BCUT2D eigenvalue weighted by atomic mass is 16.4. The fourth-order valence-electron chi connectivity index (χ4n) is 5.23. The van der Waals surface area contributed by atoms with Crippen molar-refractivity contribution >= 4 is 34.8 Å². The van der Waals surface area contributed by atoms with Crippen LogP contribution in [0, 0.1) is 11.8 Å². The first kappa shape index (κ1) is 23.2. The average molecular weight is 481 g/mol. The molecule has 3 aliphatic rings. The quantitative estimate of drug-likeness (QED) is 0.614. The highest BCUT2D eigenvalue weighted by Crippen LogP contribution is 2.35. The van der Waals surface area contributed by atoms with Gasteiger partial charge in [-0.25, -0.2) is 19.5 Å². The normalized spacial score (nSPS) is 23.3. The summed E-state index contributed by atoms with van der Waals surface area (Å²) in [4.78, 5) is 63.3. The van der Waals surface area contributed by atoms with Gasteiger partial charge in [-0.1, -0.05) is 12.1 Å². The smallest absolute Gasteiger partial charge is 0.327 e. The molecule has 11 heteroatoms. The zero-order valence-corrected chi connectivity index (χ0v) is 19.3. The molecule has 1 aromatic heterocycles. The van der Waals surface area contributed by atoms with Gasteiger partial charge in [0, 0.05) is 26.2 Å². The molecule has 2 N–H and O–H groups in total. The number of nitrogens with one attached hydrogen (secondary N) is 1. The molecule has 0 unspecified atom stereocenters. The van der Waals surface area contributed by atoms with E-state index >= 15 is 0 Å². The molecule has 4 amide bonds. The minimum Gasteiger partial charge on any atom is -0.480 e. The third kappa shape index (κ3) is 4.43. The van der Waals surface area contributed by atoms with E-state index in [0.717, 1.165) is 30.8 Å². The van der Waals surface area contributed by atoms with Gasteiger partial charge in [0.1, 0.15) is 5.69 Å². The second kappa shape index (κ2) is 9.57. The predicted molar refractivity (Wildman–Crippen MR) is 124 cm³/mol. The van der Waals surface area contributed by atoms with E-state index in [2.05, 4.69) is 15.3 Å². The number of piperazine rings is 1. The number of amides is 4. The maximum atomic E-state index is 13.1. The van der Waals surface area contributed by atoms with Crippen LogP contribution in [0.5, 0.6) is 0 Å². The number of benzene rings is 1. The van der Waals surface area contributed by atoms with Crippen molar-refractivity contribution in [1.29, 1.82) is 0 Å². The van der Waals surface area contributed by atoms with E-state index in [4.69, 9.17) is 0 Å². The summed E-state index contributed by atoms with van der Waals surface area (Å²) in [5.74, 6) is -2.21. The Morgan fingerprint density at radius 2 is 1.66 bits per heavy atom. The summed E-state index contributed by atoms with van der Waals surface area (Å²) in [5.41, 5.74) is 1.56. The number of para-hydroxylation sites is 2. The number of carbonyl (C=O) groups excluding carboxylic acids is 3. The van der Waals surface area contributed by atoms with Gasteiger partial charge in [0.05, 0.1) is 23.1 Å². The first-order valence-corrected chi connectivity index (χ1v) is 12.0. The molecule has 184 valence electrons. The largest absolute Gasteiger partial charge is 0.480 e. The number of hydrogen-bond acceptors (Lipinski definition) is 7. The number of carbonyl (C=O) groups is 4. The summed E-state index contributed by atoms with van der Waals surface area (Å²) in [6, 6.07) is 5.56. The molecule has 3 fully saturated rings. The van der Waals surface area contributed by atoms with E-state index in [9.17, 15) is 24.3 Å².